The zero-order valence-corrected chi connectivity index (χ0v) is 10.4. The van der Waals surface area contributed by atoms with Crippen molar-refractivity contribution in [1.29, 1.82) is 0 Å². The molecular weight excluding hydrogens is 240 g/mol. The number of hydrogen-bond donors (Lipinski definition) is 2. The van der Waals surface area contributed by atoms with Gasteiger partial charge in [0.2, 0.25) is 0 Å². The molecule has 6 heteroatoms. The van der Waals surface area contributed by atoms with Gasteiger partial charge in [-0.2, -0.15) is 0 Å². The largest absolute Gasteiger partial charge is 0.409 e. The van der Waals surface area contributed by atoms with Crippen molar-refractivity contribution in [2.75, 3.05) is 13.6 Å². The van der Waals surface area contributed by atoms with E-state index in [9.17, 15) is 8.78 Å². The molecular formula is C12H17F2N3O. The van der Waals surface area contributed by atoms with E-state index in [1.54, 1.807) is 18.9 Å². The molecule has 0 fully saturated rings. The average Bonchev–Trinajstić information content (AvgIpc) is 2.33. The zero-order chi connectivity index (χ0) is 13.7. The van der Waals surface area contributed by atoms with Gasteiger partial charge in [-0.05, 0) is 13.1 Å². The Kier molecular flexibility index (Phi) is 5.03. The number of halogens is 2. The summed E-state index contributed by atoms with van der Waals surface area (Å²) in [6.45, 7) is 2.52. The van der Waals surface area contributed by atoms with Crippen LogP contribution in [-0.2, 0) is 6.54 Å². The van der Waals surface area contributed by atoms with E-state index >= 15 is 0 Å². The van der Waals surface area contributed by atoms with Crippen molar-refractivity contribution in [3.63, 3.8) is 0 Å². The average molecular weight is 257 g/mol. The van der Waals surface area contributed by atoms with Crippen LogP contribution in [0.3, 0.4) is 0 Å². The molecule has 0 aliphatic carbocycles. The quantitative estimate of drug-likeness (QED) is 0.366. The minimum Gasteiger partial charge on any atom is -0.409 e. The molecule has 18 heavy (non-hydrogen) atoms. The number of nitrogens with two attached hydrogens (primary N) is 1. The molecule has 0 saturated heterocycles. The first-order valence-electron chi connectivity index (χ1n) is 5.54. The van der Waals surface area contributed by atoms with Gasteiger partial charge < -0.3 is 15.8 Å². The van der Waals surface area contributed by atoms with E-state index in [0.29, 0.717) is 6.54 Å². The fourth-order valence-electron chi connectivity index (χ4n) is 1.69. The highest BCUT2D eigenvalue weighted by Gasteiger charge is 2.14. The van der Waals surface area contributed by atoms with Crippen molar-refractivity contribution in [3.05, 3.63) is 35.4 Å². The first-order valence-corrected chi connectivity index (χ1v) is 5.54. The molecule has 1 aromatic carbocycles. The third-order valence-corrected chi connectivity index (χ3v) is 2.68. The van der Waals surface area contributed by atoms with Crippen molar-refractivity contribution >= 4 is 5.84 Å². The normalized spacial score (nSPS) is 13.9. The van der Waals surface area contributed by atoms with E-state index in [1.807, 2.05) is 0 Å². The maximum Gasteiger partial charge on any atom is 0.163 e. The van der Waals surface area contributed by atoms with Crippen LogP contribution in [0.25, 0.3) is 0 Å². The summed E-state index contributed by atoms with van der Waals surface area (Å²) in [7, 11) is 1.76. The van der Waals surface area contributed by atoms with E-state index in [2.05, 4.69) is 5.16 Å². The number of nitrogens with zero attached hydrogens (tertiary/aromatic N) is 2. The minimum absolute atomic E-state index is 0.113. The summed E-state index contributed by atoms with van der Waals surface area (Å²) in [5.74, 6) is -1.75. The molecule has 0 aromatic heterocycles. The van der Waals surface area contributed by atoms with E-state index in [-0.39, 0.29) is 23.9 Å². The van der Waals surface area contributed by atoms with Crippen LogP contribution in [0.4, 0.5) is 8.78 Å². The Morgan fingerprint density at radius 2 is 2.17 bits per heavy atom. The fourth-order valence-corrected chi connectivity index (χ4v) is 1.69. The molecule has 0 bridgehead atoms. The lowest BCUT2D eigenvalue weighted by Gasteiger charge is -2.20. The molecule has 0 heterocycles. The molecule has 1 aromatic rings. The van der Waals surface area contributed by atoms with E-state index < -0.39 is 11.6 Å². The number of hydrogen-bond acceptors (Lipinski definition) is 3. The predicted octanol–water partition coefficient (Wildman–Crippen LogP) is 1.78. The third-order valence-electron chi connectivity index (χ3n) is 2.68. The maximum absolute atomic E-state index is 13.4. The van der Waals surface area contributed by atoms with Gasteiger partial charge in [-0.1, -0.05) is 24.2 Å². The Hall–Kier alpha value is -1.69. The van der Waals surface area contributed by atoms with Crippen LogP contribution in [-0.4, -0.2) is 29.5 Å². The molecule has 0 radical (unpaired) electrons. The summed E-state index contributed by atoms with van der Waals surface area (Å²) >= 11 is 0. The molecule has 0 saturated carbocycles. The lowest BCUT2D eigenvalue weighted by Crippen LogP contribution is -2.32. The van der Waals surface area contributed by atoms with Crippen LogP contribution in [0.1, 0.15) is 12.5 Å². The molecule has 3 N–H and O–H groups in total. The van der Waals surface area contributed by atoms with Gasteiger partial charge in [0, 0.05) is 24.6 Å². The van der Waals surface area contributed by atoms with Crippen molar-refractivity contribution in [2.45, 2.75) is 13.5 Å². The van der Waals surface area contributed by atoms with Crippen LogP contribution in [0.2, 0.25) is 0 Å². The fraction of sp³-hybridized carbons (Fsp3) is 0.417. The summed E-state index contributed by atoms with van der Waals surface area (Å²) < 4.78 is 26.4. The van der Waals surface area contributed by atoms with Gasteiger partial charge in [0.05, 0.1) is 0 Å². The summed E-state index contributed by atoms with van der Waals surface area (Å²) in [5.41, 5.74) is 5.73. The highest BCUT2D eigenvalue weighted by Crippen LogP contribution is 2.13. The first-order chi connectivity index (χ1) is 8.45. The van der Waals surface area contributed by atoms with Gasteiger partial charge in [0.15, 0.2) is 11.6 Å². The molecule has 1 rings (SSSR count). The van der Waals surface area contributed by atoms with Crippen LogP contribution >= 0.6 is 0 Å². The second-order valence-corrected chi connectivity index (χ2v) is 4.34. The van der Waals surface area contributed by atoms with Crippen LogP contribution < -0.4 is 5.73 Å². The Bertz CT molecular complexity index is 437. The summed E-state index contributed by atoms with van der Waals surface area (Å²) in [6, 6.07) is 4.08. The summed E-state index contributed by atoms with van der Waals surface area (Å²) in [6.07, 6.45) is 0. The summed E-state index contributed by atoms with van der Waals surface area (Å²) in [4.78, 5) is 1.78. The molecule has 1 unspecified atom stereocenters. The second-order valence-electron chi connectivity index (χ2n) is 4.34. The first kappa shape index (κ1) is 14.4. The second kappa shape index (κ2) is 6.30. The number of amidine groups is 1. The summed E-state index contributed by atoms with van der Waals surface area (Å²) in [5, 5.41) is 11.4. The Labute approximate surface area is 105 Å². The van der Waals surface area contributed by atoms with E-state index in [1.165, 1.54) is 12.1 Å². The predicted molar refractivity (Wildman–Crippen MR) is 65.3 cm³/mol. The Balaban J connectivity index is 2.65. The van der Waals surface area contributed by atoms with Crippen molar-refractivity contribution < 1.29 is 14.0 Å². The van der Waals surface area contributed by atoms with Gasteiger partial charge in [0.25, 0.3) is 0 Å². The van der Waals surface area contributed by atoms with Gasteiger partial charge in [-0.25, -0.2) is 8.78 Å². The van der Waals surface area contributed by atoms with Gasteiger partial charge >= 0.3 is 0 Å². The molecule has 0 amide bonds. The van der Waals surface area contributed by atoms with Gasteiger partial charge in [-0.3, -0.25) is 0 Å². The number of oxime groups is 1. The van der Waals surface area contributed by atoms with Crippen LogP contribution in [0, 0.1) is 17.6 Å². The topological polar surface area (TPSA) is 61.8 Å². The lowest BCUT2D eigenvalue weighted by atomic mass is 10.1. The monoisotopic (exact) mass is 257 g/mol. The minimum atomic E-state index is -0.856. The van der Waals surface area contributed by atoms with E-state index in [0.717, 1.165) is 6.07 Å². The van der Waals surface area contributed by atoms with Crippen molar-refractivity contribution in [3.8, 4) is 0 Å². The molecule has 0 aliphatic heterocycles. The molecule has 0 spiro atoms. The standard InChI is InChI=1S/C12H17F2N3O/c1-8(12(15)16-18)6-17(2)7-9-4-3-5-10(13)11(9)14/h3-5,8,18H,6-7H2,1-2H3,(H2,15,16). The van der Waals surface area contributed by atoms with E-state index in [4.69, 9.17) is 10.9 Å². The smallest absolute Gasteiger partial charge is 0.163 e. The zero-order valence-electron chi connectivity index (χ0n) is 10.4. The molecule has 0 aliphatic rings. The Morgan fingerprint density at radius 1 is 1.50 bits per heavy atom. The van der Waals surface area contributed by atoms with Gasteiger partial charge in [0.1, 0.15) is 5.84 Å². The number of benzene rings is 1. The molecule has 1 atom stereocenters. The third kappa shape index (κ3) is 3.66. The maximum atomic E-state index is 13.4. The van der Waals surface area contributed by atoms with Gasteiger partial charge in [-0.15, -0.1) is 0 Å². The molecule has 4 nitrogen and oxygen atoms in total. The van der Waals surface area contributed by atoms with Crippen LogP contribution in [0.15, 0.2) is 23.4 Å². The van der Waals surface area contributed by atoms with Crippen LogP contribution in [0.5, 0.6) is 0 Å². The van der Waals surface area contributed by atoms with Crippen molar-refractivity contribution in [1.82, 2.24) is 4.90 Å². The SMILES string of the molecule is CC(CN(C)Cc1cccc(F)c1F)/C(N)=N/O. The van der Waals surface area contributed by atoms with Crippen molar-refractivity contribution in [2.24, 2.45) is 16.8 Å². The highest BCUT2D eigenvalue weighted by molar-refractivity contribution is 5.82. The highest BCUT2D eigenvalue weighted by atomic mass is 19.2. The number of rotatable bonds is 5. The Morgan fingerprint density at radius 3 is 2.78 bits per heavy atom. The molecule has 100 valence electrons. The lowest BCUT2D eigenvalue weighted by molar-refractivity contribution is 0.287.